The van der Waals surface area contributed by atoms with Crippen molar-refractivity contribution in [3.05, 3.63) is 23.4 Å². The standard InChI is InChI=1S/C10H12ClNOS/c1-7(2)9(13)6-14-10-8(11)4-3-5-12-10/h3-5,7H,6H2,1-2H3. The third-order valence-electron chi connectivity index (χ3n) is 1.72. The van der Waals surface area contributed by atoms with Crippen LogP contribution < -0.4 is 0 Å². The monoisotopic (exact) mass is 229 g/mol. The minimum atomic E-state index is 0.0741. The van der Waals surface area contributed by atoms with Gasteiger partial charge in [0.15, 0.2) is 0 Å². The Morgan fingerprint density at radius 3 is 2.93 bits per heavy atom. The molecule has 1 aromatic rings. The van der Waals surface area contributed by atoms with Crippen molar-refractivity contribution < 1.29 is 4.79 Å². The highest BCUT2D eigenvalue weighted by molar-refractivity contribution is 8.00. The molecule has 0 amide bonds. The summed E-state index contributed by atoms with van der Waals surface area (Å²) >= 11 is 7.28. The number of thioether (sulfide) groups is 1. The number of nitrogens with zero attached hydrogens (tertiary/aromatic N) is 1. The Hall–Kier alpha value is -0.540. The van der Waals surface area contributed by atoms with Crippen LogP contribution in [0.3, 0.4) is 0 Å². The Morgan fingerprint density at radius 2 is 2.36 bits per heavy atom. The Bertz CT molecular complexity index is 328. The van der Waals surface area contributed by atoms with Gasteiger partial charge < -0.3 is 0 Å². The first-order valence-electron chi connectivity index (χ1n) is 4.37. The maximum Gasteiger partial charge on any atom is 0.145 e. The van der Waals surface area contributed by atoms with Crippen LogP contribution in [0.5, 0.6) is 0 Å². The number of pyridine rings is 1. The van der Waals surface area contributed by atoms with Gasteiger partial charge in [0.2, 0.25) is 0 Å². The van der Waals surface area contributed by atoms with Gasteiger partial charge in [-0.15, -0.1) is 0 Å². The molecule has 1 aromatic heterocycles. The molecule has 0 saturated carbocycles. The van der Waals surface area contributed by atoms with Crippen molar-refractivity contribution in [1.82, 2.24) is 4.98 Å². The minimum absolute atomic E-state index is 0.0741. The van der Waals surface area contributed by atoms with Crippen molar-refractivity contribution in [1.29, 1.82) is 0 Å². The Labute approximate surface area is 93.1 Å². The average molecular weight is 230 g/mol. The van der Waals surface area contributed by atoms with E-state index in [9.17, 15) is 4.79 Å². The van der Waals surface area contributed by atoms with Crippen LogP contribution in [0.2, 0.25) is 5.02 Å². The molecular weight excluding hydrogens is 218 g/mol. The second-order valence-electron chi connectivity index (χ2n) is 3.20. The van der Waals surface area contributed by atoms with Gasteiger partial charge in [-0.25, -0.2) is 4.98 Å². The molecule has 0 bridgehead atoms. The van der Waals surface area contributed by atoms with Crippen molar-refractivity contribution in [2.45, 2.75) is 18.9 Å². The lowest BCUT2D eigenvalue weighted by Gasteiger charge is -2.04. The van der Waals surface area contributed by atoms with Gasteiger partial charge in [0.25, 0.3) is 0 Å². The first-order valence-corrected chi connectivity index (χ1v) is 5.73. The predicted molar refractivity (Wildman–Crippen MR) is 59.8 cm³/mol. The van der Waals surface area contributed by atoms with Crippen LogP contribution in [0.15, 0.2) is 23.4 Å². The van der Waals surface area contributed by atoms with Crippen LogP contribution in [0, 0.1) is 5.92 Å². The van der Waals surface area contributed by atoms with E-state index < -0.39 is 0 Å². The maximum atomic E-state index is 11.3. The van der Waals surface area contributed by atoms with Gasteiger partial charge in [0.1, 0.15) is 10.8 Å². The van der Waals surface area contributed by atoms with Crippen molar-refractivity contribution >= 4 is 29.1 Å². The summed E-state index contributed by atoms with van der Waals surface area (Å²) in [6.45, 7) is 3.78. The van der Waals surface area contributed by atoms with Crippen LogP contribution in [-0.2, 0) is 4.79 Å². The number of carbonyl (C=O) groups is 1. The highest BCUT2D eigenvalue weighted by Gasteiger charge is 2.09. The summed E-state index contributed by atoms with van der Waals surface area (Å²) in [5.74, 6) is 0.732. The van der Waals surface area contributed by atoms with E-state index in [0.29, 0.717) is 10.8 Å². The molecule has 0 aliphatic rings. The van der Waals surface area contributed by atoms with Crippen molar-refractivity contribution in [2.75, 3.05) is 5.75 Å². The Kier molecular flexibility index (Phi) is 4.42. The Balaban J connectivity index is 2.54. The summed E-state index contributed by atoms with van der Waals surface area (Å²) < 4.78 is 0. The number of ketones is 1. The van der Waals surface area contributed by atoms with Gasteiger partial charge in [-0.3, -0.25) is 4.79 Å². The number of halogens is 1. The number of carbonyl (C=O) groups excluding carboxylic acids is 1. The highest BCUT2D eigenvalue weighted by Crippen LogP contribution is 2.24. The van der Waals surface area contributed by atoms with E-state index >= 15 is 0 Å². The van der Waals surface area contributed by atoms with Crippen LogP contribution in [0.25, 0.3) is 0 Å². The van der Waals surface area contributed by atoms with Gasteiger partial charge in [-0.2, -0.15) is 0 Å². The summed E-state index contributed by atoms with van der Waals surface area (Å²) in [6, 6.07) is 3.55. The van der Waals surface area contributed by atoms with Crippen molar-refractivity contribution in [3.8, 4) is 0 Å². The van der Waals surface area contributed by atoms with E-state index in [1.807, 2.05) is 13.8 Å². The molecule has 14 heavy (non-hydrogen) atoms. The molecule has 0 aromatic carbocycles. The van der Waals surface area contributed by atoms with E-state index in [-0.39, 0.29) is 11.7 Å². The van der Waals surface area contributed by atoms with Crippen molar-refractivity contribution in [3.63, 3.8) is 0 Å². The molecule has 0 unspecified atom stereocenters. The van der Waals surface area contributed by atoms with Gasteiger partial charge in [0, 0.05) is 12.1 Å². The highest BCUT2D eigenvalue weighted by atomic mass is 35.5. The zero-order valence-electron chi connectivity index (χ0n) is 8.16. The molecule has 1 heterocycles. The second-order valence-corrected chi connectivity index (χ2v) is 4.57. The summed E-state index contributed by atoms with van der Waals surface area (Å²) in [5, 5.41) is 1.33. The smallest absolute Gasteiger partial charge is 0.145 e. The van der Waals surface area contributed by atoms with Crippen LogP contribution in [0.1, 0.15) is 13.8 Å². The van der Waals surface area contributed by atoms with Crippen molar-refractivity contribution in [2.24, 2.45) is 5.92 Å². The quantitative estimate of drug-likeness (QED) is 0.744. The van der Waals surface area contributed by atoms with Gasteiger partial charge in [-0.1, -0.05) is 37.2 Å². The molecule has 2 nitrogen and oxygen atoms in total. The molecule has 0 radical (unpaired) electrons. The number of hydrogen-bond donors (Lipinski definition) is 0. The zero-order valence-corrected chi connectivity index (χ0v) is 9.73. The zero-order chi connectivity index (χ0) is 10.6. The molecule has 0 spiro atoms. The molecule has 0 saturated heterocycles. The SMILES string of the molecule is CC(C)C(=O)CSc1ncccc1Cl. The summed E-state index contributed by atoms with van der Waals surface area (Å²) in [4.78, 5) is 15.4. The van der Waals surface area contributed by atoms with Gasteiger partial charge in [-0.05, 0) is 12.1 Å². The fourth-order valence-electron chi connectivity index (χ4n) is 0.784. The van der Waals surface area contributed by atoms with E-state index in [1.165, 1.54) is 11.8 Å². The largest absolute Gasteiger partial charge is 0.298 e. The normalized spacial score (nSPS) is 10.6. The molecule has 1 rings (SSSR count). The molecule has 0 fully saturated rings. The minimum Gasteiger partial charge on any atom is -0.298 e. The number of Topliss-reactive ketones (excluding diaryl/α,β-unsaturated/α-hetero) is 1. The van der Waals surface area contributed by atoms with Gasteiger partial charge in [0.05, 0.1) is 10.8 Å². The number of hydrogen-bond acceptors (Lipinski definition) is 3. The Morgan fingerprint density at radius 1 is 1.64 bits per heavy atom. The molecule has 4 heteroatoms. The van der Waals surface area contributed by atoms with Crippen LogP contribution in [0.4, 0.5) is 0 Å². The van der Waals surface area contributed by atoms with Crippen LogP contribution >= 0.6 is 23.4 Å². The third-order valence-corrected chi connectivity index (χ3v) is 3.16. The summed E-state index contributed by atoms with van der Waals surface area (Å²) in [5.41, 5.74) is 0. The predicted octanol–water partition coefficient (Wildman–Crippen LogP) is 3.05. The topological polar surface area (TPSA) is 30.0 Å². The second kappa shape index (κ2) is 5.37. The first-order chi connectivity index (χ1) is 6.61. The molecule has 0 aliphatic carbocycles. The van der Waals surface area contributed by atoms with Crippen LogP contribution in [-0.4, -0.2) is 16.5 Å². The van der Waals surface area contributed by atoms with E-state index in [4.69, 9.17) is 11.6 Å². The number of rotatable bonds is 4. The molecule has 0 aliphatic heterocycles. The fourth-order valence-corrected chi connectivity index (χ4v) is 2.02. The molecule has 0 N–H and O–H groups in total. The lowest BCUT2D eigenvalue weighted by molar-refractivity contribution is -0.119. The maximum absolute atomic E-state index is 11.3. The third kappa shape index (κ3) is 3.31. The molecule has 0 atom stereocenters. The molecule has 76 valence electrons. The van der Waals surface area contributed by atoms with Gasteiger partial charge >= 0.3 is 0 Å². The molecular formula is C10H12ClNOS. The summed E-state index contributed by atoms with van der Waals surface area (Å²) in [6.07, 6.45) is 1.67. The lowest BCUT2D eigenvalue weighted by atomic mass is 10.1. The van der Waals surface area contributed by atoms with E-state index in [0.717, 1.165) is 5.03 Å². The average Bonchev–Trinajstić information content (AvgIpc) is 2.16. The van der Waals surface area contributed by atoms with E-state index in [1.54, 1.807) is 18.3 Å². The fraction of sp³-hybridized carbons (Fsp3) is 0.400. The lowest BCUT2D eigenvalue weighted by Crippen LogP contribution is -2.09. The van der Waals surface area contributed by atoms with E-state index in [2.05, 4.69) is 4.98 Å². The summed E-state index contributed by atoms with van der Waals surface area (Å²) in [7, 11) is 0. The first kappa shape index (κ1) is 11.5. The number of aromatic nitrogens is 1.